The molecular weight excluding hydrogens is 408 g/mol. The van der Waals surface area contributed by atoms with E-state index in [0.29, 0.717) is 22.7 Å². The van der Waals surface area contributed by atoms with Crippen molar-refractivity contribution in [2.24, 2.45) is 4.99 Å². The molecule has 0 bridgehead atoms. The molecule has 1 aliphatic heterocycles. The maximum absolute atomic E-state index is 12.9. The molecule has 7 heteroatoms. The number of thioether (sulfide) groups is 1. The summed E-state index contributed by atoms with van der Waals surface area (Å²) in [4.78, 5) is 18.6. The Labute approximate surface area is 178 Å². The molecule has 29 heavy (non-hydrogen) atoms. The molecule has 0 aliphatic carbocycles. The Bertz CT molecular complexity index is 1110. The monoisotopic (exact) mass is 428 g/mol. The molecule has 150 valence electrons. The zero-order valence-electron chi connectivity index (χ0n) is 16.0. The van der Waals surface area contributed by atoms with E-state index in [9.17, 15) is 4.79 Å². The number of nitrogens with one attached hydrogen (secondary N) is 1. The van der Waals surface area contributed by atoms with Crippen molar-refractivity contribution < 1.29 is 13.9 Å². The highest BCUT2D eigenvalue weighted by Crippen LogP contribution is 2.22. The van der Waals surface area contributed by atoms with E-state index in [4.69, 9.17) is 20.8 Å². The number of hydrogen-bond acceptors (Lipinski definition) is 5. The van der Waals surface area contributed by atoms with E-state index in [1.807, 2.05) is 30.5 Å². The predicted molar refractivity (Wildman–Crippen MR) is 116 cm³/mol. The molecule has 2 aromatic carbocycles. The second kappa shape index (κ2) is 9.03. The summed E-state index contributed by atoms with van der Waals surface area (Å²) in [5.41, 5.74) is 1.97. The molecule has 3 aromatic rings. The zero-order chi connectivity index (χ0) is 20.2. The van der Waals surface area contributed by atoms with Crippen LogP contribution in [0.15, 0.2) is 62.8 Å². The van der Waals surface area contributed by atoms with Crippen LogP contribution in [0.1, 0.15) is 23.2 Å². The van der Waals surface area contributed by atoms with Crippen molar-refractivity contribution >= 4 is 45.9 Å². The fourth-order valence-corrected chi connectivity index (χ4v) is 3.89. The number of fused-ring (bicyclic) bond motifs is 1. The highest BCUT2D eigenvalue weighted by molar-refractivity contribution is 7.98. The lowest BCUT2D eigenvalue weighted by molar-refractivity contribution is 0.0854. The van der Waals surface area contributed by atoms with Crippen LogP contribution in [0.3, 0.4) is 0 Å². The van der Waals surface area contributed by atoms with Crippen LogP contribution in [0.25, 0.3) is 11.0 Å². The number of halogens is 1. The SMILES string of the molecule is CSc1cccc(N=c2oc3ccc(Cl)cc3cc2C(=O)NC[C@H]2CCCO2)c1. The Morgan fingerprint density at radius 2 is 2.17 bits per heavy atom. The molecule has 0 spiro atoms. The van der Waals surface area contributed by atoms with E-state index < -0.39 is 0 Å². The lowest BCUT2D eigenvalue weighted by atomic mass is 10.1. The minimum absolute atomic E-state index is 0.0597. The Morgan fingerprint density at radius 3 is 2.97 bits per heavy atom. The largest absolute Gasteiger partial charge is 0.438 e. The van der Waals surface area contributed by atoms with Gasteiger partial charge in [-0.3, -0.25) is 4.79 Å². The molecule has 1 N–H and O–H groups in total. The number of benzene rings is 2. The first-order chi connectivity index (χ1) is 14.1. The van der Waals surface area contributed by atoms with Gasteiger partial charge in [0, 0.05) is 28.5 Å². The Kier molecular flexibility index (Phi) is 6.23. The Balaban J connectivity index is 1.75. The molecule has 5 nitrogen and oxygen atoms in total. The number of carbonyl (C=O) groups is 1. The number of ether oxygens (including phenoxy) is 1. The van der Waals surface area contributed by atoms with Gasteiger partial charge < -0.3 is 14.5 Å². The van der Waals surface area contributed by atoms with Gasteiger partial charge in [-0.25, -0.2) is 4.99 Å². The van der Waals surface area contributed by atoms with Gasteiger partial charge in [-0.05, 0) is 61.6 Å². The number of carbonyl (C=O) groups excluding carboxylic acids is 1. The highest BCUT2D eigenvalue weighted by Gasteiger charge is 2.18. The van der Waals surface area contributed by atoms with Crippen LogP contribution in [-0.4, -0.2) is 31.4 Å². The zero-order valence-corrected chi connectivity index (χ0v) is 17.6. The average molecular weight is 429 g/mol. The maximum Gasteiger partial charge on any atom is 0.256 e. The summed E-state index contributed by atoms with van der Waals surface area (Å²) in [6.07, 6.45) is 4.05. The lowest BCUT2D eigenvalue weighted by Crippen LogP contribution is -2.34. The van der Waals surface area contributed by atoms with E-state index in [1.165, 1.54) is 0 Å². The summed E-state index contributed by atoms with van der Waals surface area (Å²) < 4.78 is 11.6. The number of hydrogen-bond donors (Lipinski definition) is 1. The molecule has 0 radical (unpaired) electrons. The fraction of sp³-hybridized carbons (Fsp3) is 0.273. The van der Waals surface area contributed by atoms with Crippen molar-refractivity contribution in [2.75, 3.05) is 19.4 Å². The van der Waals surface area contributed by atoms with Crippen molar-refractivity contribution in [1.82, 2.24) is 5.32 Å². The minimum atomic E-state index is -0.245. The second-order valence-electron chi connectivity index (χ2n) is 6.81. The van der Waals surface area contributed by atoms with Crippen molar-refractivity contribution in [3.8, 4) is 0 Å². The molecule has 0 unspecified atom stereocenters. The molecule has 2 heterocycles. The fourth-order valence-electron chi connectivity index (χ4n) is 3.25. The van der Waals surface area contributed by atoms with Gasteiger partial charge in [-0.1, -0.05) is 17.7 Å². The molecule has 1 amide bonds. The van der Waals surface area contributed by atoms with Crippen LogP contribution in [0, 0.1) is 0 Å². The Morgan fingerprint density at radius 1 is 1.28 bits per heavy atom. The number of nitrogens with zero attached hydrogens (tertiary/aromatic N) is 1. The highest BCUT2D eigenvalue weighted by atomic mass is 35.5. The number of amides is 1. The van der Waals surface area contributed by atoms with Gasteiger partial charge in [0.05, 0.1) is 11.8 Å². The molecule has 1 aliphatic rings. The Hall–Kier alpha value is -2.28. The standard InChI is InChI=1S/C22H21ClN2O3S/c1-29-18-6-2-4-16(12-18)25-22-19(21(26)24-13-17-5-3-9-27-17)11-14-10-15(23)7-8-20(14)28-22/h2,4,6-8,10-12,17H,3,5,9,13H2,1H3,(H,24,26)/t17-/m1/s1. The van der Waals surface area contributed by atoms with Gasteiger partial charge in [0.15, 0.2) is 0 Å². The van der Waals surface area contributed by atoms with Crippen LogP contribution in [0.2, 0.25) is 5.02 Å². The van der Waals surface area contributed by atoms with Crippen LogP contribution in [0.5, 0.6) is 0 Å². The predicted octanol–water partition coefficient (Wildman–Crippen LogP) is 4.95. The second-order valence-corrected chi connectivity index (χ2v) is 8.12. The van der Waals surface area contributed by atoms with E-state index >= 15 is 0 Å². The third-order valence-electron chi connectivity index (χ3n) is 4.75. The van der Waals surface area contributed by atoms with Crippen LogP contribution < -0.4 is 10.9 Å². The van der Waals surface area contributed by atoms with Gasteiger partial charge >= 0.3 is 0 Å². The summed E-state index contributed by atoms with van der Waals surface area (Å²) in [5, 5.41) is 4.27. The molecule has 1 atom stereocenters. The smallest absolute Gasteiger partial charge is 0.256 e. The van der Waals surface area contributed by atoms with Gasteiger partial charge in [0.1, 0.15) is 11.1 Å². The minimum Gasteiger partial charge on any atom is -0.438 e. The summed E-state index contributed by atoms with van der Waals surface area (Å²) in [5.74, 6) is -0.245. The van der Waals surface area contributed by atoms with Crippen molar-refractivity contribution in [1.29, 1.82) is 0 Å². The van der Waals surface area contributed by atoms with Crippen molar-refractivity contribution in [3.05, 3.63) is 64.7 Å². The molecule has 4 rings (SSSR count). The van der Waals surface area contributed by atoms with Gasteiger partial charge in [-0.2, -0.15) is 0 Å². The topological polar surface area (TPSA) is 63.8 Å². The van der Waals surface area contributed by atoms with E-state index in [0.717, 1.165) is 35.4 Å². The first-order valence-corrected chi connectivity index (χ1v) is 11.0. The average Bonchev–Trinajstić information content (AvgIpc) is 3.25. The lowest BCUT2D eigenvalue weighted by Gasteiger charge is -2.11. The molecular formula is C22H21ClN2O3S. The van der Waals surface area contributed by atoms with Crippen molar-refractivity contribution in [2.45, 2.75) is 23.8 Å². The first-order valence-electron chi connectivity index (χ1n) is 9.44. The van der Waals surface area contributed by atoms with E-state index in [1.54, 1.807) is 36.0 Å². The summed E-state index contributed by atoms with van der Waals surface area (Å²) in [7, 11) is 0. The normalized spacial score (nSPS) is 17.0. The van der Waals surface area contributed by atoms with Crippen LogP contribution in [0.4, 0.5) is 5.69 Å². The van der Waals surface area contributed by atoms with Crippen LogP contribution in [-0.2, 0) is 4.74 Å². The van der Waals surface area contributed by atoms with Gasteiger partial charge in [0.25, 0.3) is 5.91 Å². The third-order valence-corrected chi connectivity index (χ3v) is 5.71. The van der Waals surface area contributed by atoms with E-state index in [-0.39, 0.29) is 17.6 Å². The maximum atomic E-state index is 12.9. The van der Waals surface area contributed by atoms with Crippen LogP contribution >= 0.6 is 23.4 Å². The quantitative estimate of drug-likeness (QED) is 0.584. The molecule has 1 saturated heterocycles. The summed E-state index contributed by atoms with van der Waals surface area (Å²) in [6, 6.07) is 14.9. The first kappa shape index (κ1) is 20.0. The summed E-state index contributed by atoms with van der Waals surface area (Å²) in [6.45, 7) is 1.21. The number of rotatable bonds is 5. The summed E-state index contributed by atoms with van der Waals surface area (Å²) >= 11 is 7.75. The molecule has 1 fully saturated rings. The molecule has 0 saturated carbocycles. The van der Waals surface area contributed by atoms with E-state index in [2.05, 4.69) is 10.3 Å². The molecule has 1 aromatic heterocycles. The van der Waals surface area contributed by atoms with Gasteiger partial charge in [0.2, 0.25) is 5.55 Å². The third kappa shape index (κ3) is 4.83. The van der Waals surface area contributed by atoms with Crippen molar-refractivity contribution in [3.63, 3.8) is 0 Å². The van der Waals surface area contributed by atoms with Gasteiger partial charge in [-0.15, -0.1) is 11.8 Å².